The van der Waals surface area contributed by atoms with Crippen molar-refractivity contribution in [2.45, 2.75) is 84.0 Å². The molecule has 0 bridgehead atoms. The second-order valence-electron chi connectivity index (χ2n) is 5.02. The first-order chi connectivity index (χ1) is 8.41. The van der Waals surface area contributed by atoms with Gasteiger partial charge in [0.15, 0.2) is 0 Å². The molecule has 1 nitrogen and oxygen atoms in total. The molecular weight excluding hydrogens is 206 g/mol. The Bertz CT molecular complexity index is 152. The summed E-state index contributed by atoms with van der Waals surface area (Å²) in [5.74, 6) is 0. The number of allylic oxidation sites excluding steroid dienone is 2. The van der Waals surface area contributed by atoms with Crippen molar-refractivity contribution in [1.29, 1.82) is 0 Å². The summed E-state index contributed by atoms with van der Waals surface area (Å²) < 4.78 is 0. The van der Waals surface area contributed by atoms with E-state index < -0.39 is 0 Å². The van der Waals surface area contributed by atoms with Gasteiger partial charge in [-0.05, 0) is 32.2 Å². The molecule has 0 aliphatic heterocycles. The van der Waals surface area contributed by atoms with E-state index in [0.29, 0.717) is 0 Å². The fourth-order valence-corrected chi connectivity index (χ4v) is 2.04. The highest BCUT2D eigenvalue weighted by Crippen LogP contribution is 2.10. The van der Waals surface area contributed by atoms with Gasteiger partial charge >= 0.3 is 0 Å². The summed E-state index contributed by atoms with van der Waals surface area (Å²) in [4.78, 5) is 0. The van der Waals surface area contributed by atoms with Gasteiger partial charge in [-0.25, -0.2) is 0 Å². The van der Waals surface area contributed by atoms with Crippen LogP contribution in [0.1, 0.15) is 84.0 Å². The normalized spacial score (nSPS) is 11.4. The Hall–Kier alpha value is -0.300. The van der Waals surface area contributed by atoms with Crippen LogP contribution in [-0.2, 0) is 0 Å². The smallest absolute Gasteiger partial charge is 0.00743 e. The molecule has 0 aliphatic rings. The van der Waals surface area contributed by atoms with Crippen LogP contribution < -0.4 is 5.73 Å². The van der Waals surface area contributed by atoms with Crippen molar-refractivity contribution in [2.75, 3.05) is 6.54 Å². The monoisotopic (exact) mass is 239 g/mol. The van der Waals surface area contributed by atoms with Crippen molar-refractivity contribution >= 4 is 0 Å². The van der Waals surface area contributed by atoms with Crippen LogP contribution in [0.25, 0.3) is 0 Å². The zero-order valence-electron chi connectivity index (χ0n) is 11.9. The lowest BCUT2D eigenvalue weighted by atomic mass is 10.1. The molecule has 0 aliphatic carbocycles. The number of unbranched alkanes of at least 4 members (excludes halogenated alkanes) is 10. The Morgan fingerprint density at radius 2 is 1.12 bits per heavy atom. The molecule has 0 aromatic rings. The first-order valence-electron chi connectivity index (χ1n) is 7.77. The summed E-state index contributed by atoms with van der Waals surface area (Å²) in [6.45, 7) is 3.10. The Morgan fingerprint density at radius 3 is 1.65 bits per heavy atom. The predicted molar refractivity (Wildman–Crippen MR) is 79.3 cm³/mol. The Morgan fingerprint density at radius 1 is 0.647 bits per heavy atom. The van der Waals surface area contributed by atoms with Gasteiger partial charge in [0.25, 0.3) is 0 Å². The quantitative estimate of drug-likeness (QED) is 0.347. The summed E-state index contributed by atoms with van der Waals surface area (Å²) >= 11 is 0. The minimum atomic E-state index is 0.822. The first-order valence-corrected chi connectivity index (χ1v) is 7.77. The van der Waals surface area contributed by atoms with Crippen molar-refractivity contribution in [1.82, 2.24) is 0 Å². The van der Waals surface area contributed by atoms with Crippen LogP contribution in [0.15, 0.2) is 12.2 Å². The average molecular weight is 239 g/mol. The van der Waals surface area contributed by atoms with E-state index in [1.807, 2.05) is 0 Å². The van der Waals surface area contributed by atoms with Crippen LogP contribution in [0.2, 0.25) is 0 Å². The highest BCUT2D eigenvalue weighted by atomic mass is 14.5. The van der Waals surface area contributed by atoms with Gasteiger partial charge in [-0.2, -0.15) is 0 Å². The van der Waals surface area contributed by atoms with Gasteiger partial charge in [0.2, 0.25) is 0 Å². The third-order valence-electron chi connectivity index (χ3n) is 3.22. The molecule has 0 saturated carbocycles. The van der Waals surface area contributed by atoms with E-state index in [0.717, 1.165) is 19.4 Å². The minimum Gasteiger partial charge on any atom is -0.330 e. The highest BCUT2D eigenvalue weighted by Gasteiger charge is 1.91. The van der Waals surface area contributed by atoms with Crippen molar-refractivity contribution in [3.63, 3.8) is 0 Å². The summed E-state index contributed by atoms with van der Waals surface area (Å²) in [7, 11) is 0. The molecule has 0 rings (SSSR count). The molecule has 0 unspecified atom stereocenters. The first kappa shape index (κ1) is 16.7. The van der Waals surface area contributed by atoms with Crippen LogP contribution in [0.3, 0.4) is 0 Å². The van der Waals surface area contributed by atoms with Crippen LogP contribution in [0.4, 0.5) is 0 Å². The maximum absolute atomic E-state index is 5.43. The third kappa shape index (κ3) is 15.7. The molecule has 0 aromatic carbocycles. The van der Waals surface area contributed by atoms with Crippen LogP contribution in [0.5, 0.6) is 0 Å². The Kier molecular flexibility index (Phi) is 15.4. The van der Waals surface area contributed by atoms with E-state index in [2.05, 4.69) is 19.1 Å². The maximum Gasteiger partial charge on any atom is -0.00743 e. The maximum atomic E-state index is 5.43. The number of rotatable bonds is 13. The number of hydrogen-bond acceptors (Lipinski definition) is 1. The number of nitrogens with two attached hydrogens (primary N) is 1. The van der Waals surface area contributed by atoms with Crippen molar-refractivity contribution in [3.05, 3.63) is 12.2 Å². The lowest BCUT2D eigenvalue weighted by Gasteiger charge is -2.00. The van der Waals surface area contributed by atoms with Crippen LogP contribution in [0, 0.1) is 0 Å². The molecule has 0 atom stereocenters. The minimum absolute atomic E-state index is 0.822. The fourth-order valence-electron chi connectivity index (χ4n) is 2.04. The van der Waals surface area contributed by atoms with Crippen LogP contribution >= 0.6 is 0 Å². The highest BCUT2D eigenvalue weighted by molar-refractivity contribution is 4.81. The molecular formula is C16H33N. The van der Waals surface area contributed by atoms with Gasteiger partial charge in [0.1, 0.15) is 0 Å². The molecule has 0 spiro atoms. The van der Waals surface area contributed by atoms with Crippen molar-refractivity contribution < 1.29 is 0 Å². The second kappa shape index (κ2) is 15.7. The average Bonchev–Trinajstić information content (AvgIpc) is 2.35. The zero-order chi connectivity index (χ0) is 12.6. The lowest BCUT2D eigenvalue weighted by Crippen LogP contribution is -1.96. The molecule has 0 saturated heterocycles. The van der Waals surface area contributed by atoms with Crippen molar-refractivity contribution in [3.8, 4) is 0 Å². The summed E-state index contributed by atoms with van der Waals surface area (Å²) in [6.07, 6.45) is 21.0. The van der Waals surface area contributed by atoms with Crippen molar-refractivity contribution in [2.24, 2.45) is 5.73 Å². The van der Waals surface area contributed by atoms with E-state index in [4.69, 9.17) is 5.73 Å². The van der Waals surface area contributed by atoms with E-state index in [1.165, 1.54) is 64.2 Å². The largest absolute Gasteiger partial charge is 0.330 e. The van der Waals surface area contributed by atoms with Crippen LogP contribution in [-0.4, -0.2) is 6.54 Å². The van der Waals surface area contributed by atoms with Gasteiger partial charge < -0.3 is 5.73 Å². The molecule has 0 radical (unpaired) electrons. The molecule has 102 valence electrons. The fraction of sp³-hybridized carbons (Fsp3) is 0.875. The van der Waals surface area contributed by atoms with Gasteiger partial charge in [-0.3, -0.25) is 0 Å². The SMILES string of the molecule is CCCCCCCCCCC/C=C/CCCN. The molecule has 1 heteroatoms. The van der Waals surface area contributed by atoms with Gasteiger partial charge in [-0.1, -0.05) is 70.4 Å². The van der Waals surface area contributed by atoms with Gasteiger partial charge in [-0.15, -0.1) is 0 Å². The Labute approximate surface area is 109 Å². The molecule has 0 fully saturated rings. The van der Waals surface area contributed by atoms with E-state index >= 15 is 0 Å². The summed E-state index contributed by atoms with van der Waals surface area (Å²) in [6, 6.07) is 0. The lowest BCUT2D eigenvalue weighted by molar-refractivity contribution is 0.566. The topological polar surface area (TPSA) is 26.0 Å². The van der Waals surface area contributed by atoms with E-state index in [1.54, 1.807) is 0 Å². The molecule has 2 N–H and O–H groups in total. The Balaban J connectivity index is 2.96. The zero-order valence-corrected chi connectivity index (χ0v) is 11.9. The molecule has 0 heterocycles. The third-order valence-corrected chi connectivity index (χ3v) is 3.22. The second-order valence-corrected chi connectivity index (χ2v) is 5.02. The predicted octanol–water partition coefficient (Wildman–Crippen LogP) is 5.20. The molecule has 0 aromatic heterocycles. The summed E-state index contributed by atoms with van der Waals surface area (Å²) in [5.41, 5.74) is 5.43. The standard InChI is InChI=1S/C16H33N/c1-2-3-4-5-6-7-8-9-10-11-12-13-14-15-16-17/h12-13H,2-11,14-17H2,1H3/b13-12+. The van der Waals surface area contributed by atoms with E-state index in [9.17, 15) is 0 Å². The van der Waals surface area contributed by atoms with Gasteiger partial charge in [0, 0.05) is 0 Å². The molecule has 0 amide bonds. The number of hydrogen-bond donors (Lipinski definition) is 1. The van der Waals surface area contributed by atoms with Gasteiger partial charge in [0.05, 0.1) is 0 Å². The van der Waals surface area contributed by atoms with E-state index in [-0.39, 0.29) is 0 Å². The summed E-state index contributed by atoms with van der Waals surface area (Å²) in [5, 5.41) is 0. The molecule has 17 heavy (non-hydrogen) atoms.